The molecule has 1 saturated heterocycles. The van der Waals surface area contributed by atoms with E-state index in [0.29, 0.717) is 17.1 Å². The molecular formula is C22H26N2O5. The molecule has 0 bridgehead atoms. The second-order valence-corrected chi connectivity index (χ2v) is 7.16. The van der Waals surface area contributed by atoms with Gasteiger partial charge in [-0.05, 0) is 48.7 Å². The Balaban J connectivity index is 1.62. The molecule has 154 valence electrons. The SMILES string of the molecule is CCc1ccc(OC[C@@H](O)CN2C(=O)N[C@@](C)(c3ccc(OC)cc3)C2=O)cc1. The molecule has 1 heterocycles. The number of aliphatic hydroxyl groups excluding tert-OH is 1. The van der Waals surface area contributed by atoms with Crippen LogP contribution in [0.2, 0.25) is 0 Å². The van der Waals surface area contributed by atoms with Crippen LogP contribution in [0.1, 0.15) is 25.0 Å². The third-order valence-electron chi connectivity index (χ3n) is 5.11. The first kappa shape index (κ1) is 20.7. The molecule has 0 aromatic heterocycles. The van der Waals surface area contributed by atoms with Crippen molar-refractivity contribution >= 4 is 11.9 Å². The van der Waals surface area contributed by atoms with Crippen molar-refractivity contribution < 1.29 is 24.2 Å². The average molecular weight is 398 g/mol. The molecule has 0 radical (unpaired) electrons. The molecule has 0 saturated carbocycles. The van der Waals surface area contributed by atoms with E-state index < -0.39 is 23.6 Å². The maximum absolute atomic E-state index is 12.9. The van der Waals surface area contributed by atoms with Crippen LogP contribution in [-0.4, -0.2) is 48.3 Å². The van der Waals surface area contributed by atoms with Crippen molar-refractivity contribution in [2.75, 3.05) is 20.3 Å². The summed E-state index contributed by atoms with van der Waals surface area (Å²) in [6.45, 7) is 3.54. The number of amides is 3. The van der Waals surface area contributed by atoms with Gasteiger partial charge in [0, 0.05) is 0 Å². The van der Waals surface area contributed by atoms with Gasteiger partial charge in [-0.2, -0.15) is 0 Å². The van der Waals surface area contributed by atoms with E-state index >= 15 is 0 Å². The number of nitrogens with one attached hydrogen (secondary N) is 1. The number of methoxy groups -OCH3 is 1. The summed E-state index contributed by atoms with van der Waals surface area (Å²) in [7, 11) is 1.56. The molecule has 3 rings (SSSR count). The van der Waals surface area contributed by atoms with Gasteiger partial charge in [-0.25, -0.2) is 4.79 Å². The van der Waals surface area contributed by atoms with Crippen molar-refractivity contribution in [1.82, 2.24) is 10.2 Å². The Kier molecular flexibility index (Phi) is 6.08. The summed E-state index contributed by atoms with van der Waals surface area (Å²) in [5.41, 5.74) is 0.635. The lowest BCUT2D eigenvalue weighted by Crippen LogP contribution is -2.42. The van der Waals surface area contributed by atoms with Crippen LogP contribution in [0.3, 0.4) is 0 Å². The van der Waals surface area contributed by atoms with E-state index in [-0.39, 0.29) is 13.2 Å². The highest BCUT2D eigenvalue weighted by atomic mass is 16.5. The maximum Gasteiger partial charge on any atom is 0.325 e. The molecule has 2 aromatic carbocycles. The monoisotopic (exact) mass is 398 g/mol. The number of aryl methyl sites for hydroxylation is 1. The van der Waals surface area contributed by atoms with Gasteiger partial charge in [-0.15, -0.1) is 0 Å². The summed E-state index contributed by atoms with van der Waals surface area (Å²) < 4.78 is 10.7. The van der Waals surface area contributed by atoms with Crippen LogP contribution in [-0.2, 0) is 16.8 Å². The molecular weight excluding hydrogens is 372 g/mol. The third-order valence-corrected chi connectivity index (χ3v) is 5.11. The first-order valence-electron chi connectivity index (χ1n) is 9.55. The molecule has 0 aliphatic carbocycles. The van der Waals surface area contributed by atoms with Gasteiger partial charge in [0.25, 0.3) is 5.91 Å². The Morgan fingerprint density at radius 2 is 1.69 bits per heavy atom. The molecule has 29 heavy (non-hydrogen) atoms. The fourth-order valence-corrected chi connectivity index (χ4v) is 3.26. The molecule has 1 aliphatic rings. The summed E-state index contributed by atoms with van der Waals surface area (Å²) >= 11 is 0. The number of benzene rings is 2. The molecule has 0 unspecified atom stereocenters. The highest BCUT2D eigenvalue weighted by Gasteiger charge is 2.49. The van der Waals surface area contributed by atoms with Gasteiger partial charge in [0.15, 0.2) is 0 Å². The average Bonchev–Trinajstić information content (AvgIpc) is 2.96. The van der Waals surface area contributed by atoms with E-state index in [4.69, 9.17) is 9.47 Å². The number of hydrogen-bond acceptors (Lipinski definition) is 5. The lowest BCUT2D eigenvalue weighted by Gasteiger charge is -2.23. The van der Waals surface area contributed by atoms with Crippen LogP contribution in [0.4, 0.5) is 4.79 Å². The zero-order valence-corrected chi connectivity index (χ0v) is 16.8. The normalized spacial score (nSPS) is 19.8. The second kappa shape index (κ2) is 8.53. The summed E-state index contributed by atoms with van der Waals surface area (Å²) in [5, 5.41) is 13.0. The molecule has 3 amide bonds. The van der Waals surface area contributed by atoms with Crippen LogP contribution in [0, 0.1) is 0 Å². The number of β-amino-alcohol motifs (C(OH)–C–C–N with tert-alkyl or cyclic N) is 1. The van der Waals surface area contributed by atoms with Crippen molar-refractivity contribution in [3.05, 3.63) is 59.7 Å². The molecule has 1 aliphatic heterocycles. The lowest BCUT2D eigenvalue weighted by atomic mass is 9.92. The quantitative estimate of drug-likeness (QED) is 0.667. The summed E-state index contributed by atoms with van der Waals surface area (Å²) in [5.74, 6) is 0.867. The Bertz CT molecular complexity index is 866. The van der Waals surface area contributed by atoms with Gasteiger partial charge < -0.3 is 19.9 Å². The van der Waals surface area contributed by atoms with E-state index in [1.807, 2.05) is 24.3 Å². The van der Waals surface area contributed by atoms with Gasteiger partial charge >= 0.3 is 6.03 Å². The number of aliphatic hydroxyl groups is 1. The van der Waals surface area contributed by atoms with E-state index in [1.54, 1.807) is 38.3 Å². The van der Waals surface area contributed by atoms with E-state index in [9.17, 15) is 14.7 Å². The summed E-state index contributed by atoms with van der Waals surface area (Å²) in [6, 6.07) is 14.0. The molecule has 7 nitrogen and oxygen atoms in total. The molecule has 7 heteroatoms. The van der Waals surface area contributed by atoms with E-state index in [1.165, 1.54) is 5.56 Å². The summed E-state index contributed by atoms with van der Waals surface area (Å²) in [6.07, 6.45) is -0.0732. The first-order valence-corrected chi connectivity index (χ1v) is 9.55. The Morgan fingerprint density at radius 1 is 1.07 bits per heavy atom. The topological polar surface area (TPSA) is 88.1 Å². The Labute approximate surface area is 170 Å². The number of hydrogen-bond donors (Lipinski definition) is 2. The number of ether oxygens (including phenoxy) is 2. The number of imide groups is 1. The first-order chi connectivity index (χ1) is 13.9. The van der Waals surface area contributed by atoms with Crippen LogP contribution in [0.25, 0.3) is 0 Å². The van der Waals surface area contributed by atoms with Crippen LogP contribution in [0.5, 0.6) is 11.5 Å². The zero-order chi connectivity index (χ0) is 21.0. The Hall–Kier alpha value is -3.06. The van der Waals surface area contributed by atoms with E-state index in [2.05, 4.69) is 12.2 Å². The Morgan fingerprint density at radius 3 is 2.28 bits per heavy atom. The van der Waals surface area contributed by atoms with Gasteiger partial charge in [0.1, 0.15) is 29.7 Å². The van der Waals surface area contributed by atoms with Crippen LogP contribution in [0.15, 0.2) is 48.5 Å². The minimum absolute atomic E-state index is 0.0260. The second-order valence-electron chi connectivity index (χ2n) is 7.16. The van der Waals surface area contributed by atoms with Crippen molar-refractivity contribution in [1.29, 1.82) is 0 Å². The number of rotatable bonds is 8. The molecule has 2 atom stereocenters. The number of urea groups is 1. The summed E-state index contributed by atoms with van der Waals surface area (Å²) in [4.78, 5) is 26.4. The van der Waals surface area contributed by atoms with E-state index in [0.717, 1.165) is 11.3 Å². The van der Waals surface area contributed by atoms with Gasteiger partial charge in [0.05, 0.1) is 13.7 Å². The lowest BCUT2D eigenvalue weighted by molar-refractivity contribution is -0.132. The minimum Gasteiger partial charge on any atom is -0.497 e. The van der Waals surface area contributed by atoms with Crippen molar-refractivity contribution in [2.24, 2.45) is 0 Å². The minimum atomic E-state index is -1.19. The zero-order valence-electron chi connectivity index (χ0n) is 16.8. The standard InChI is InChI=1S/C22H26N2O5/c1-4-15-5-9-19(10-6-15)29-14-17(25)13-24-20(26)22(2,23-21(24)27)16-7-11-18(28-3)12-8-16/h5-12,17,25H,4,13-14H2,1-3H3,(H,23,27)/t17-,22-/m0/s1. The van der Waals surface area contributed by atoms with Crippen molar-refractivity contribution in [2.45, 2.75) is 31.9 Å². The third kappa shape index (κ3) is 4.35. The van der Waals surface area contributed by atoms with Crippen LogP contribution >= 0.6 is 0 Å². The highest BCUT2D eigenvalue weighted by molar-refractivity contribution is 6.07. The van der Waals surface area contributed by atoms with Gasteiger partial charge in [-0.1, -0.05) is 31.2 Å². The molecule has 2 N–H and O–H groups in total. The largest absolute Gasteiger partial charge is 0.497 e. The predicted octanol–water partition coefficient (Wildman–Crippen LogP) is 2.46. The molecule has 2 aromatic rings. The number of nitrogens with zero attached hydrogens (tertiary/aromatic N) is 1. The fourth-order valence-electron chi connectivity index (χ4n) is 3.26. The highest BCUT2D eigenvalue weighted by Crippen LogP contribution is 2.30. The van der Waals surface area contributed by atoms with Gasteiger partial charge in [0.2, 0.25) is 0 Å². The maximum atomic E-state index is 12.9. The van der Waals surface area contributed by atoms with Gasteiger partial charge in [-0.3, -0.25) is 9.69 Å². The predicted molar refractivity (Wildman–Crippen MR) is 108 cm³/mol. The van der Waals surface area contributed by atoms with Crippen molar-refractivity contribution in [3.8, 4) is 11.5 Å². The fraction of sp³-hybridized carbons (Fsp3) is 0.364. The molecule has 0 spiro atoms. The van der Waals surface area contributed by atoms with Crippen LogP contribution < -0.4 is 14.8 Å². The van der Waals surface area contributed by atoms with Crippen molar-refractivity contribution in [3.63, 3.8) is 0 Å². The molecule has 1 fully saturated rings. The number of carbonyl (C=O) groups excluding carboxylic acids is 2. The smallest absolute Gasteiger partial charge is 0.325 e. The number of carbonyl (C=O) groups is 2.